The minimum absolute atomic E-state index is 0.0189. The summed E-state index contributed by atoms with van der Waals surface area (Å²) in [5.74, 6) is -4.32. The summed E-state index contributed by atoms with van der Waals surface area (Å²) in [6, 6.07) is 2.15. The topological polar surface area (TPSA) is 118 Å². The molecule has 2 fully saturated rings. The summed E-state index contributed by atoms with van der Waals surface area (Å²) in [6.07, 6.45) is -4.21. The first kappa shape index (κ1) is 26.9. The van der Waals surface area contributed by atoms with E-state index < -0.39 is 71.0 Å². The quantitative estimate of drug-likeness (QED) is 0.361. The van der Waals surface area contributed by atoms with Crippen LogP contribution in [0.4, 0.5) is 32.8 Å². The number of sulfonamides is 1. The number of hydrogen-bond acceptors (Lipinski definition) is 7. The molecule has 0 saturated heterocycles. The number of hydrogen-bond donors (Lipinski definition) is 2. The van der Waals surface area contributed by atoms with Crippen LogP contribution in [0, 0.1) is 5.92 Å². The minimum atomic E-state index is -4.31. The second-order valence-corrected chi connectivity index (χ2v) is 12.4. The van der Waals surface area contributed by atoms with E-state index >= 15 is 0 Å². The largest absolute Gasteiger partial charge is 0.316 e. The van der Waals surface area contributed by atoms with Crippen LogP contribution in [0.3, 0.4) is 0 Å². The van der Waals surface area contributed by atoms with Crippen LogP contribution in [0.2, 0.25) is 0 Å². The Balaban J connectivity index is 1.40. The lowest BCUT2D eigenvalue weighted by molar-refractivity contribution is -0.117. The Morgan fingerprint density at radius 2 is 2.05 bits per heavy atom. The van der Waals surface area contributed by atoms with E-state index in [0.29, 0.717) is 23.3 Å². The lowest BCUT2D eigenvalue weighted by Crippen LogP contribution is -2.50. The van der Waals surface area contributed by atoms with Gasteiger partial charge in [-0.3, -0.25) is 4.79 Å². The van der Waals surface area contributed by atoms with Gasteiger partial charge in [0, 0.05) is 36.9 Å². The number of carbonyl (C=O) groups is 1. The van der Waals surface area contributed by atoms with Crippen molar-refractivity contribution in [2.75, 3.05) is 5.32 Å². The fraction of sp³-hybridized carbons (Fsp3) is 0.591. The highest BCUT2D eigenvalue weighted by Gasteiger charge is 2.48. The molecule has 0 spiro atoms. The van der Waals surface area contributed by atoms with Crippen LogP contribution in [0.25, 0.3) is 0 Å². The average molecular weight is 579 g/mol. The zero-order chi connectivity index (χ0) is 27.4. The summed E-state index contributed by atoms with van der Waals surface area (Å²) in [7, 11) is -2.87. The van der Waals surface area contributed by atoms with Gasteiger partial charge in [-0.25, -0.2) is 44.8 Å². The standard InChI is InChI=1S/C22H23F5N6O3S2/c1-33-17(6-15(31-33)19(24)25)29-9-28-10-2-3-16-13(4-10)18(21(37-16)30-20(34)12-5-14(12)23)38(35,36)32-11-7-22(26,27)8-11/h6,10-12,14,19,32H,2-5,7-8H2,1H3,(H,30,34)/t10?,12-,14-/m0/s1. The van der Waals surface area contributed by atoms with E-state index in [-0.39, 0.29) is 28.6 Å². The number of aryl methyl sites for hydroxylation is 2. The van der Waals surface area contributed by atoms with Crippen LogP contribution in [-0.2, 0) is 34.7 Å². The van der Waals surface area contributed by atoms with Gasteiger partial charge in [0.2, 0.25) is 15.9 Å². The highest BCUT2D eigenvalue weighted by molar-refractivity contribution is 7.90. The van der Waals surface area contributed by atoms with E-state index in [2.05, 4.69) is 31.1 Å². The van der Waals surface area contributed by atoms with Gasteiger partial charge < -0.3 is 5.32 Å². The lowest BCUT2D eigenvalue weighted by Gasteiger charge is -2.35. The molecule has 0 aromatic carbocycles. The molecule has 2 aromatic rings. The van der Waals surface area contributed by atoms with Gasteiger partial charge in [0.25, 0.3) is 12.3 Å². The predicted molar refractivity (Wildman–Crippen MR) is 128 cm³/mol. The summed E-state index contributed by atoms with van der Waals surface area (Å²) in [5, 5.41) is 6.19. The minimum Gasteiger partial charge on any atom is -0.316 e. The third-order valence-corrected chi connectivity index (χ3v) is 9.62. The third-order valence-electron chi connectivity index (χ3n) is 6.66. The first-order valence-electron chi connectivity index (χ1n) is 11.8. The van der Waals surface area contributed by atoms with Gasteiger partial charge in [-0.15, -0.1) is 11.3 Å². The average Bonchev–Trinajstić information content (AvgIpc) is 3.25. The molecule has 1 unspecified atom stereocenters. The molecular weight excluding hydrogens is 555 g/mol. The van der Waals surface area contributed by atoms with Gasteiger partial charge in [0.1, 0.15) is 21.8 Å². The van der Waals surface area contributed by atoms with Crippen molar-refractivity contribution in [1.29, 1.82) is 0 Å². The zero-order valence-electron chi connectivity index (χ0n) is 19.9. The maximum absolute atomic E-state index is 13.4. The Bertz CT molecular complexity index is 1420. The normalized spacial score (nSPS) is 24.3. The number of aromatic nitrogens is 2. The number of aliphatic imine (C=N–C) groups is 2. The van der Waals surface area contributed by atoms with Gasteiger partial charge >= 0.3 is 0 Å². The molecular formula is C22H23F5N6O3S2. The molecule has 3 aliphatic rings. The summed E-state index contributed by atoms with van der Waals surface area (Å²) in [5.41, 5.74) is -0.0566. The Kier molecular flexibility index (Phi) is 6.95. The molecule has 16 heteroatoms. The monoisotopic (exact) mass is 578 g/mol. The van der Waals surface area contributed by atoms with Crippen LogP contribution in [0.5, 0.6) is 0 Å². The molecule has 2 saturated carbocycles. The molecule has 2 N–H and O–H groups in total. The molecule has 206 valence electrons. The highest BCUT2D eigenvalue weighted by Crippen LogP contribution is 2.44. The maximum atomic E-state index is 13.4. The number of nitrogens with one attached hydrogen (secondary N) is 2. The molecule has 3 atom stereocenters. The lowest BCUT2D eigenvalue weighted by atomic mass is 9.89. The number of fused-ring (bicyclic) bond motifs is 1. The van der Waals surface area contributed by atoms with E-state index in [9.17, 15) is 35.2 Å². The van der Waals surface area contributed by atoms with Crippen molar-refractivity contribution in [2.24, 2.45) is 23.0 Å². The number of halogens is 5. The fourth-order valence-corrected chi connectivity index (χ4v) is 7.74. The van der Waals surface area contributed by atoms with Gasteiger partial charge in [0.15, 0.2) is 5.82 Å². The number of amides is 1. The van der Waals surface area contributed by atoms with Crippen molar-refractivity contribution >= 4 is 44.1 Å². The van der Waals surface area contributed by atoms with Crippen molar-refractivity contribution in [3.8, 4) is 0 Å². The Morgan fingerprint density at radius 1 is 1.34 bits per heavy atom. The van der Waals surface area contributed by atoms with Crippen LogP contribution < -0.4 is 10.0 Å². The van der Waals surface area contributed by atoms with Gasteiger partial charge in [-0.1, -0.05) is 0 Å². The van der Waals surface area contributed by atoms with E-state index in [0.717, 1.165) is 22.1 Å². The van der Waals surface area contributed by atoms with E-state index in [1.165, 1.54) is 7.05 Å². The molecule has 0 aliphatic heterocycles. The predicted octanol–water partition coefficient (Wildman–Crippen LogP) is 4.15. The number of carbonyl (C=O) groups excluding carboxylic acids is 1. The number of nitrogens with zero attached hydrogens (tertiary/aromatic N) is 4. The van der Waals surface area contributed by atoms with Crippen LogP contribution in [0.1, 0.15) is 48.2 Å². The molecule has 1 amide bonds. The number of anilines is 1. The number of rotatable bonds is 8. The van der Waals surface area contributed by atoms with Crippen molar-refractivity contribution in [2.45, 2.75) is 74.0 Å². The SMILES string of the molecule is Cn1nc(C(F)F)cc1N=C=NC1CCc2sc(NC(=O)[C@H]3C[C@@H]3F)c(S(=O)(=O)NC3CC(F)(F)C3)c2C1. The Hall–Kier alpha value is -2.68. The van der Waals surface area contributed by atoms with E-state index in [4.69, 9.17) is 0 Å². The maximum Gasteiger partial charge on any atom is 0.282 e. The molecule has 3 aliphatic carbocycles. The summed E-state index contributed by atoms with van der Waals surface area (Å²) < 4.78 is 95.9. The Labute approximate surface area is 218 Å². The fourth-order valence-electron chi connectivity index (χ4n) is 4.53. The first-order valence-corrected chi connectivity index (χ1v) is 14.1. The third kappa shape index (κ3) is 5.53. The molecule has 9 nitrogen and oxygen atoms in total. The van der Waals surface area contributed by atoms with Crippen molar-refractivity contribution < 1.29 is 35.2 Å². The summed E-state index contributed by atoms with van der Waals surface area (Å²) >= 11 is 1.06. The highest BCUT2D eigenvalue weighted by atomic mass is 32.2. The van der Waals surface area contributed by atoms with Crippen molar-refractivity contribution in [3.05, 3.63) is 22.2 Å². The molecule has 0 radical (unpaired) electrons. The van der Waals surface area contributed by atoms with Gasteiger partial charge in [-0.2, -0.15) is 10.1 Å². The zero-order valence-corrected chi connectivity index (χ0v) is 21.6. The second kappa shape index (κ2) is 9.81. The molecule has 2 aromatic heterocycles. The molecule has 38 heavy (non-hydrogen) atoms. The van der Waals surface area contributed by atoms with Crippen LogP contribution in [0.15, 0.2) is 20.9 Å². The smallest absolute Gasteiger partial charge is 0.282 e. The van der Waals surface area contributed by atoms with E-state index in [1.807, 2.05) is 0 Å². The van der Waals surface area contributed by atoms with Crippen LogP contribution in [-0.4, -0.2) is 54.3 Å². The van der Waals surface area contributed by atoms with Crippen LogP contribution >= 0.6 is 11.3 Å². The second-order valence-electron chi connectivity index (χ2n) is 9.68. The molecule has 5 rings (SSSR count). The molecule has 0 bridgehead atoms. The van der Waals surface area contributed by atoms with Crippen molar-refractivity contribution in [3.63, 3.8) is 0 Å². The first-order chi connectivity index (χ1) is 17.8. The molecule has 2 heterocycles. The van der Waals surface area contributed by atoms with E-state index in [1.54, 1.807) is 0 Å². The summed E-state index contributed by atoms with van der Waals surface area (Å²) in [6.45, 7) is 0. The number of thiophene rings is 1. The van der Waals surface area contributed by atoms with Gasteiger partial charge in [-0.05, 0) is 31.2 Å². The summed E-state index contributed by atoms with van der Waals surface area (Å²) in [4.78, 5) is 21.0. The number of alkyl halides is 5. The van der Waals surface area contributed by atoms with Crippen molar-refractivity contribution in [1.82, 2.24) is 14.5 Å². The Morgan fingerprint density at radius 3 is 2.66 bits per heavy atom. The van der Waals surface area contributed by atoms with Gasteiger partial charge in [0.05, 0.1) is 18.0 Å².